The molecule has 1 aromatic heterocycles. The van der Waals surface area contributed by atoms with Gasteiger partial charge in [0.15, 0.2) is 11.6 Å². The monoisotopic (exact) mass is 323 g/mol. The normalized spacial score (nSPS) is 10.7. The van der Waals surface area contributed by atoms with Crippen LogP contribution in [0.1, 0.15) is 26.3 Å². The third-order valence-electron chi connectivity index (χ3n) is 2.70. The first-order valence-corrected chi connectivity index (χ1v) is 6.06. The molecule has 0 unspecified atom stereocenters. The molecule has 0 radical (unpaired) electrons. The number of aromatic nitrogens is 1. The number of rotatable bonds is 4. The Labute approximate surface area is 127 Å². The Kier molecular flexibility index (Phi) is 4.69. The van der Waals surface area contributed by atoms with Gasteiger partial charge in [0.1, 0.15) is 5.56 Å². The zero-order valence-electron chi connectivity index (χ0n) is 11.3. The van der Waals surface area contributed by atoms with E-state index in [0.29, 0.717) is 11.8 Å². The minimum Gasteiger partial charge on any atom is -0.478 e. The second-order valence-electron chi connectivity index (χ2n) is 4.21. The molecule has 1 heterocycles. The fourth-order valence-corrected chi connectivity index (χ4v) is 1.58. The number of carboxylic acids is 1. The summed E-state index contributed by atoms with van der Waals surface area (Å²) < 4.78 is 39.5. The van der Waals surface area contributed by atoms with E-state index in [9.17, 15) is 22.8 Å². The van der Waals surface area contributed by atoms with E-state index < -0.39 is 35.0 Å². The van der Waals surface area contributed by atoms with Crippen molar-refractivity contribution in [3.63, 3.8) is 0 Å². The molecule has 1 amide bonds. The van der Waals surface area contributed by atoms with E-state index in [4.69, 9.17) is 5.11 Å². The number of nitrogens with one attached hydrogen (secondary N) is 1. The van der Waals surface area contributed by atoms with Crippen LogP contribution >= 0.6 is 0 Å². The second kappa shape index (κ2) is 6.69. The molecule has 0 aliphatic heterocycles. The fourth-order valence-electron chi connectivity index (χ4n) is 1.58. The summed E-state index contributed by atoms with van der Waals surface area (Å²) in [7, 11) is 0. The molecule has 0 bridgehead atoms. The molecule has 2 N–H and O–H groups in total. The quantitative estimate of drug-likeness (QED) is 0.511. The largest absolute Gasteiger partial charge is 0.478 e. The highest BCUT2D eigenvalue weighted by molar-refractivity contribution is 5.95. The van der Waals surface area contributed by atoms with Gasteiger partial charge in [-0.2, -0.15) is 9.49 Å². The highest BCUT2D eigenvalue weighted by atomic mass is 19.2. The van der Waals surface area contributed by atoms with E-state index >= 15 is 0 Å². The van der Waals surface area contributed by atoms with Crippen molar-refractivity contribution in [2.75, 3.05) is 0 Å². The number of amides is 1. The van der Waals surface area contributed by atoms with Crippen molar-refractivity contribution in [3.8, 4) is 0 Å². The van der Waals surface area contributed by atoms with Crippen molar-refractivity contribution in [2.45, 2.75) is 0 Å². The molecule has 6 nitrogen and oxygen atoms in total. The average molecular weight is 323 g/mol. The average Bonchev–Trinajstić information content (AvgIpc) is 2.52. The summed E-state index contributed by atoms with van der Waals surface area (Å²) in [4.78, 5) is 25.1. The van der Waals surface area contributed by atoms with Crippen LogP contribution in [0.25, 0.3) is 0 Å². The lowest BCUT2D eigenvalue weighted by Crippen LogP contribution is -2.21. The second-order valence-corrected chi connectivity index (χ2v) is 4.21. The number of benzene rings is 1. The molecule has 0 fully saturated rings. The predicted molar refractivity (Wildman–Crippen MR) is 72.6 cm³/mol. The van der Waals surface area contributed by atoms with Crippen LogP contribution in [0.2, 0.25) is 0 Å². The van der Waals surface area contributed by atoms with Crippen molar-refractivity contribution >= 4 is 18.1 Å². The van der Waals surface area contributed by atoms with Crippen LogP contribution < -0.4 is 5.43 Å². The van der Waals surface area contributed by atoms with Gasteiger partial charge in [-0.25, -0.2) is 24.0 Å². The van der Waals surface area contributed by atoms with Crippen molar-refractivity contribution < 1.29 is 27.9 Å². The number of hydrogen-bond acceptors (Lipinski definition) is 4. The minimum atomic E-state index is -1.72. The van der Waals surface area contributed by atoms with Gasteiger partial charge in [-0.3, -0.25) is 4.79 Å². The maximum absolute atomic E-state index is 13.3. The molecule has 0 aliphatic carbocycles. The number of pyridine rings is 1. The van der Waals surface area contributed by atoms with E-state index in [-0.39, 0.29) is 5.56 Å². The SMILES string of the molecule is O=C(O)c1ccc(C=NNC(=O)c2c(F)cnc(F)c2F)cc1. The number of halogens is 3. The summed E-state index contributed by atoms with van der Waals surface area (Å²) in [6.45, 7) is 0. The third kappa shape index (κ3) is 3.70. The summed E-state index contributed by atoms with van der Waals surface area (Å²) >= 11 is 0. The Morgan fingerprint density at radius 1 is 1.17 bits per heavy atom. The van der Waals surface area contributed by atoms with Crippen LogP contribution in [0.15, 0.2) is 35.6 Å². The summed E-state index contributed by atoms with van der Waals surface area (Å²) in [5.74, 6) is -7.05. The number of carboxylic acid groups (broad SMARTS) is 1. The van der Waals surface area contributed by atoms with Gasteiger partial charge in [-0.05, 0) is 17.7 Å². The Morgan fingerprint density at radius 2 is 1.83 bits per heavy atom. The highest BCUT2D eigenvalue weighted by Gasteiger charge is 2.21. The minimum absolute atomic E-state index is 0.0580. The molecule has 2 rings (SSSR count). The fraction of sp³-hybridized carbons (Fsp3) is 0. The van der Waals surface area contributed by atoms with Gasteiger partial charge in [0, 0.05) is 0 Å². The van der Waals surface area contributed by atoms with Gasteiger partial charge in [0.05, 0.1) is 18.0 Å². The Morgan fingerprint density at radius 3 is 2.43 bits per heavy atom. The Bertz CT molecular complexity index is 792. The number of hydrogen-bond donors (Lipinski definition) is 2. The lowest BCUT2D eigenvalue weighted by Gasteiger charge is -2.03. The Hall–Kier alpha value is -3.23. The molecule has 1 aromatic carbocycles. The number of carbonyl (C=O) groups is 2. The molecule has 23 heavy (non-hydrogen) atoms. The first-order valence-electron chi connectivity index (χ1n) is 6.06. The summed E-state index contributed by atoms with van der Waals surface area (Å²) in [5.41, 5.74) is 1.18. The molecule has 0 aliphatic rings. The van der Waals surface area contributed by atoms with Crippen molar-refractivity contribution in [1.82, 2.24) is 10.4 Å². The number of hydrazone groups is 1. The van der Waals surface area contributed by atoms with Gasteiger partial charge >= 0.3 is 5.97 Å². The maximum Gasteiger partial charge on any atom is 0.335 e. The molecular weight excluding hydrogens is 315 g/mol. The smallest absolute Gasteiger partial charge is 0.335 e. The highest BCUT2D eigenvalue weighted by Crippen LogP contribution is 2.13. The maximum atomic E-state index is 13.3. The number of nitrogens with zero attached hydrogens (tertiary/aromatic N) is 2. The topological polar surface area (TPSA) is 91.6 Å². The number of aromatic carboxylic acids is 1. The molecule has 2 aromatic rings. The van der Waals surface area contributed by atoms with Crippen LogP contribution in [0.5, 0.6) is 0 Å². The van der Waals surface area contributed by atoms with Gasteiger partial charge in [0.25, 0.3) is 5.91 Å². The zero-order chi connectivity index (χ0) is 17.0. The molecular formula is C14H8F3N3O3. The predicted octanol–water partition coefficient (Wildman–Crippen LogP) is 1.96. The van der Waals surface area contributed by atoms with E-state index in [1.807, 2.05) is 5.43 Å². The van der Waals surface area contributed by atoms with Crippen LogP contribution in [0.3, 0.4) is 0 Å². The van der Waals surface area contributed by atoms with E-state index in [2.05, 4.69) is 10.1 Å². The van der Waals surface area contributed by atoms with Crippen molar-refractivity contribution in [3.05, 3.63) is 64.7 Å². The molecule has 0 spiro atoms. The molecule has 118 valence electrons. The summed E-state index contributed by atoms with van der Waals surface area (Å²) in [5, 5.41) is 12.2. The van der Waals surface area contributed by atoms with Crippen LogP contribution in [-0.4, -0.2) is 28.2 Å². The standard InChI is InChI=1S/C14H8F3N3O3/c15-9-6-18-12(17)11(16)10(9)13(21)20-19-5-7-1-3-8(4-2-7)14(22)23/h1-6H,(H,20,21)(H,22,23). The Balaban J connectivity index is 2.10. The molecule has 9 heteroatoms. The van der Waals surface area contributed by atoms with Gasteiger partial charge in [0.2, 0.25) is 5.95 Å². The van der Waals surface area contributed by atoms with E-state index in [1.165, 1.54) is 24.3 Å². The van der Waals surface area contributed by atoms with Crippen LogP contribution in [0.4, 0.5) is 13.2 Å². The zero-order valence-corrected chi connectivity index (χ0v) is 11.3. The van der Waals surface area contributed by atoms with Crippen molar-refractivity contribution in [2.24, 2.45) is 5.10 Å². The number of carbonyl (C=O) groups excluding carboxylic acids is 1. The molecule has 0 saturated heterocycles. The van der Waals surface area contributed by atoms with E-state index in [1.54, 1.807) is 0 Å². The lowest BCUT2D eigenvalue weighted by molar-refractivity contribution is 0.0696. The first-order chi connectivity index (χ1) is 10.9. The van der Waals surface area contributed by atoms with Gasteiger partial charge in [-0.15, -0.1) is 0 Å². The van der Waals surface area contributed by atoms with Crippen LogP contribution in [-0.2, 0) is 0 Å². The summed E-state index contributed by atoms with van der Waals surface area (Å²) in [6.07, 6.45) is 1.50. The third-order valence-corrected chi connectivity index (χ3v) is 2.70. The van der Waals surface area contributed by atoms with E-state index in [0.717, 1.165) is 6.21 Å². The van der Waals surface area contributed by atoms with Crippen LogP contribution in [0, 0.1) is 17.6 Å². The molecule has 0 saturated carbocycles. The lowest BCUT2D eigenvalue weighted by atomic mass is 10.1. The summed E-state index contributed by atoms with van der Waals surface area (Å²) in [6, 6.07) is 5.44. The van der Waals surface area contributed by atoms with Crippen molar-refractivity contribution in [1.29, 1.82) is 0 Å². The van der Waals surface area contributed by atoms with Gasteiger partial charge in [-0.1, -0.05) is 12.1 Å². The molecule has 0 atom stereocenters. The first kappa shape index (κ1) is 16.1. The van der Waals surface area contributed by atoms with Gasteiger partial charge < -0.3 is 5.11 Å².